The lowest BCUT2D eigenvalue weighted by atomic mass is 10.0. The summed E-state index contributed by atoms with van der Waals surface area (Å²) in [6.45, 7) is 0. The number of carboxylic acids is 1. The lowest BCUT2D eigenvalue weighted by Crippen LogP contribution is -2.20. The number of nitrogens with zero attached hydrogens (tertiary/aromatic N) is 2. The zero-order valence-electron chi connectivity index (χ0n) is 18.2. The Labute approximate surface area is 199 Å². The first-order valence-electron chi connectivity index (χ1n) is 10.5. The van der Waals surface area contributed by atoms with Crippen LogP contribution >= 0.6 is 0 Å². The molecule has 0 aliphatic heterocycles. The fourth-order valence-corrected chi connectivity index (χ4v) is 3.56. The second kappa shape index (κ2) is 9.44. The number of carbonyl (C=O) groups is 1. The number of hydrogen-bond acceptors (Lipinski definition) is 4. The highest BCUT2D eigenvalue weighted by Crippen LogP contribution is 2.37. The van der Waals surface area contributed by atoms with E-state index in [9.17, 15) is 31.1 Å². The summed E-state index contributed by atoms with van der Waals surface area (Å²) in [7, 11) is 0. The molecule has 0 radical (unpaired) electrons. The molecule has 2 heterocycles. The largest absolute Gasteiger partial charge is 0.481 e. The number of carboxylic acid groups (broad SMARTS) is 1. The molecule has 2 aromatic heterocycles. The van der Waals surface area contributed by atoms with E-state index in [0.717, 1.165) is 18.2 Å². The molecule has 36 heavy (non-hydrogen) atoms. The third-order valence-electron chi connectivity index (χ3n) is 5.24. The number of pyridine rings is 1. The number of alkyl halides is 6. The number of fused-ring (bicyclic) bond motifs is 1. The van der Waals surface area contributed by atoms with Crippen molar-refractivity contribution >= 4 is 28.4 Å². The third-order valence-corrected chi connectivity index (χ3v) is 5.24. The van der Waals surface area contributed by atoms with E-state index in [1.807, 2.05) is 0 Å². The zero-order valence-corrected chi connectivity index (χ0v) is 18.2. The number of hydrogen-bond donors (Lipinski definition) is 2. The van der Waals surface area contributed by atoms with Crippen molar-refractivity contribution in [1.82, 2.24) is 9.97 Å². The van der Waals surface area contributed by atoms with E-state index in [1.165, 1.54) is 42.6 Å². The first-order valence-corrected chi connectivity index (χ1v) is 10.5. The van der Waals surface area contributed by atoms with Crippen molar-refractivity contribution < 1.29 is 41.2 Å². The molecular formula is C24H17F6N4O2+. The molecule has 0 saturated heterocycles. The Morgan fingerprint density at radius 1 is 0.972 bits per heavy atom. The van der Waals surface area contributed by atoms with Gasteiger partial charge in [0.15, 0.2) is 5.52 Å². The summed E-state index contributed by atoms with van der Waals surface area (Å²) in [5.41, 5.74) is -1.39. The molecule has 0 fully saturated rings. The van der Waals surface area contributed by atoms with E-state index in [4.69, 9.17) is 5.11 Å². The predicted molar refractivity (Wildman–Crippen MR) is 117 cm³/mol. The van der Waals surface area contributed by atoms with Gasteiger partial charge in [-0.05, 0) is 48.5 Å². The van der Waals surface area contributed by atoms with Gasteiger partial charge < -0.3 is 5.11 Å². The summed E-state index contributed by atoms with van der Waals surface area (Å²) in [6, 6.07) is 10.6. The first-order chi connectivity index (χ1) is 16.9. The first kappa shape index (κ1) is 24.9. The lowest BCUT2D eigenvalue weighted by Gasteiger charge is -2.12. The van der Waals surface area contributed by atoms with Crippen molar-refractivity contribution in [3.63, 3.8) is 0 Å². The maximum atomic E-state index is 13.5. The smallest absolute Gasteiger partial charge is 0.418 e. The van der Waals surface area contributed by atoms with Crippen LogP contribution in [0.2, 0.25) is 0 Å². The number of benzene rings is 2. The van der Waals surface area contributed by atoms with Crippen molar-refractivity contribution in [3.05, 3.63) is 77.7 Å². The van der Waals surface area contributed by atoms with Crippen LogP contribution in [0.25, 0.3) is 22.2 Å². The standard InChI is InChI=1S/C24H16F6N4O2/c25-23(26,27)14-4-6-15(7-5-14)32-22-16-8-3-13(21-17(24(28,29)30)2-1-11-31-21)12-18(16)33-19(34-22)9-10-20(35)36/h1-8,11-12H,9-10H2,(H,35,36)(H,32,33,34)/p+1. The summed E-state index contributed by atoms with van der Waals surface area (Å²) in [6.07, 6.45) is -8.20. The van der Waals surface area contributed by atoms with Gasteiger partial charge in [-0.3, -0.25) is 15.1 Å². The quantitative estimate of drug-likeness (QED) is 0.317. The second-order valence-corrected chi connectivity index (χ2v) is 7.78. The van der Waals surface area contributed by atoms with E-state index in [0.29, 0.717) is 11.1 Å². The highest BCUT2D eigenvalue weighted by Gasteiger charge is 2.34. The highest BCUT2D eigenvalue weighted by molar-refractivity contribution is 5.92. The van der Waals surface area contributed by atoms with Crippen LogP contribution in [0.5, 0.6) is 0 Å². The molecular weight excluding hydrogens is 490 g/mol. The van der Waals surface area contributed by atoms with Gasteiger partial charge in [0.1, 0.15) is 0 Å². The summed E-state index contributed by atoms with van der Waals surface area (Å²) >= 11 is 0. The number of nitrogens with one attached hydrogen (secondary N) is 2. The van der Waals surface area contributed by atoms with E-state index in [2.05, 4.69) is 20.3 Å². The lowest BCUT2D eigenvalue weighted by molar-refractivity contribution is -0.376. The minimum atomic E-state index is -4.64. The van der Waals surface area contributed by atoms with Crippen molar-refractivity contribution in [2.24, 2.45) is 0 Å². The van der Waals surface area contributed by atoms with Crippen LogP contribution < -0.4 is 10.3 Å². The fraction of sp³-hybridized carbons (Fsp3) is 0.167. The monoisotopic (exact) mass is 507 g/mol. The van der Waals surface area contributed by atoms with Crippen molar-refractivity contribution in [1.29, 1.82) is 0 Å². The van der Waals surface area contributed by atoms with Crippen LogP contribution in [0, 0.1) is 0 Å². The van der Waals surface area contributed by atoms with Crippen LogP contribution in [0.1, 0.15) is 23.4 Å². The third kappa shape index (κ3) is 5.53. The normalized spacial score (nSPS) is 12.1. The predicted octanol–water partition coefficient (Wildman–Crippen LogP) is 5.91. The molecule has 6 nitrogen and oxygen atoms in total. The minimum Gasteiger partial charge on any atom is -0.481 e. The SMILES string of the molecule is O=C(O)CCc1nc2cc(-c3ncccc3C(F)(F)F)ccc2c(Nc2ccc(C(F)(F)F)cc2)[nH+]1. The van der Waals surface area contributed by atoms with Gasteiger partial charge in [0.25, 0.3) is 0 Å². The molecule has 4 rings (SSSR count). The molecule has 0 unspecified atom stereocenters. The fourth-order valence-electron chi connectivity index (χ4n) is 3.56. The van der Waals surface area contributed by atoms with Gasteiger partial charge >= 0.3 is 18.3 Å². The molecule has 0 aliphatic carbocycles. The van der Waals surface area contributed by atoms with Gasteiger partial charge in [-0.15, -0.1) is 4.98 Å². The Morgan fingerprint density at radius 3 is 2.33 bits per heavy atom. The summed E-state index contributed by atoms with van der Waals surface area (Å²) < 4.78 is 79.1. The van der Waals surface area contributed by atoms with Crippen LogP contribution in [-0.2, 0) is 23.6 Å². The number of rotatable bonds is 6. The number of aromatic nitrogens is 3. The average molecular weight is 507 g/mol. The van der Waals surface area contributed by atoms with Crippen molar-refractivity contribution in [2.75, 3.05) is 5.32 Å². The van der Waals surface area contributed by atoms with Crippen LogP contribution in [0.3, 0.4) is 0 Å². The molecule has 0 bridgehead atoms. The van der Waals surface area contributed by atoms with Crippen molar-refractivity contribution in [2.45, 2.75) is 25.2 Å². The number of aryl methyl sites for hydroxylation is 1. The van der Waals surface area contributed by atoms with Crippen LogP contribution in [-0.4, -0.2) is 21.0 Å². The number of halogens is 6. The summed E-state index contributed by atoms with van der Waals surface area (Å²) in [5, 5.41) is 12.4. The molecule has 0 saturated carbocycles. The van der Waals surface area contributed by atoms with E-state index in [-0.39, 0.29) is 41.3 Å². The van der Waals surface area contributed by atoms with Gasteiger partial charge in [-0.1, -0.05) is 6.07 Å². The molecule has 0 atom stereocenters. The number of H-pyrrole nitrogens is 1. The Kier molecular flexibility index (Phi) is 6.53. The van der Waals surface area contributed by atoms with E-state index >= 15 is 0 Å². The number of aromatic amines is 1. The zero-order chi connectivity index (χ0) is 26.1. The Morgan fingerprint density at radius 2 is 1.69 bits per heavy atom. The maximum Gasteiger partial charge on any atom is 0.418 e. The van der Waals surface area contributed by atoms with E-state index in [1.54, 1.807) is 0 Å². The molecule has 0 aliphatic rings. The van der Waals surface area contributed by atoms with Gasteiger partial charge in [0.2, 0.25) is 11.6 Å². The molecule has 3 N–H and O–H groups in total. The molecule has 4 aromatic rings. The maximum absolute atomic E-state index is 13.5. The van der Waals surface area contributed by atoms with Crippen LogP contribution in [0.15, 0.2) is 60.8 Å². The summed E-state index contributed by atoms with van der Waals surface area (Å²) in [5.74, 6) is -0.586. The topological polar surface area (TPSA) is 89.2 Å². The van der Waals surface area contributed by atoms with Gasteiger partial charge in [0.05, 0.1) is 34.3 Å². The molecule has 186 valence electrons. The number of anilines is 2. The molecule has 0 amide bonds. The Bertz CT molecular complexity index is 1420. The van der Waals surface area contributed by atoms with Gasteiger partial charge in [-0.2, -0.15) is 26.3 Å². The van der Waals surface area contributed by atoms with E-state index < -0.39 is 29.4 Å². The molecule has 2 aromatic carbocycles. The second-order valence-electron chi connectivity index (χ2n) is 7.78. The van der Waals surface area contributed by atoms with Gasteiger partial charge in [0, 0.05) is 18.2 Å². The minimum absolute atomic E-state index is 0.0193. The Hall–Kier alpha value is -4.22. The molecule has 0 spiro atoms. The number of aliphatic carboxylic acids is 1. The van der Waals surface area contributed by atoms with Crippen molar-refractivity contribution in [3.8, 4) is 11.3 Å². The average Bonchev–Trinajstić information content (AvgIpc) is 2.81. The summed E-state index contributed by atoms with van der Waals surface area (Å²) in [4.78, 5) is 22.2. The van der Waals surface area contributed by atoms with Gasteiger partial charge in [-0.25, -0.2) is 4.98 Å². The van der Waals surface area contributed by atoms with Crippen LogP contribution in [0.4, 0.5) is 37.8 Å². The Balaban J connectivity index is 1.79. The highest BCUT2D eigenvalue weighted by atomic mass is 19.4. The molecule has 12 heteroatoms.